The van der Waals surface area contributed by atoms with Crippen LogP contribution in [0.5, 0.6) is 0 Å². The number of aromatic amines is 1. The lowest BCUT2D eigenvalue weighted by molar-refractivity contribution is -0.389. The molecule has 0 fully saturated rings. The highest BCUT2D eigenvalue weighted by Crippen LogP contribution is 2.14. The van der Waals surface area contributed by atoms with Gasteiger partial charge in [0.05, 0.1) is 4.90 Å². The monoisotopic (exact) mass is 310 g/mol. The van der Waals surface area contributed by atoms with Crippen LogP contribution in [0.15, 0.2) is 35.5 Å². The number of imidazole rings is 1. The van der Waals surface area contributed by atoms with Gasteiger partial charge in [0.1, 0.15) is 0 Å². The smallest absolute Gasteiger partial charge is 0.353 e. The summed E-state index contributed by atoms with van der Waals surface area (Å²) >= 11 is 0. The fourth-order valence-corrected chi connectivity index (χ4v) is 2.49. The lowest BCUT2D eigenvalue weighted by Crippen LogP contribution is -2.31. The van der Waals surface area contributed by atoms with Crippen molar-refractivity contribution in [2.45, 2.75) is 11.8 Å². The summed E-state index contributed by atoms with van der Waals surface area (Å²) in [5.74, 6) is -1.85. The van der Waals surface area contributed by atoms with Gasteiger partial charge in [0.2, 0.25) is 5.69 Å². The van der Waals surface area contributed by atoms with E-state index in [9.17, 15) is 23.3 Å². The third kappa shape index (κ3) is 3.05. The Morgan fingerprint density at radius 3 is 2.52 bits per heavy atom. The average molecular weight is 310 g/mol. The molecular weight excluding hydrogens is 300 g/mol. The molecule has 10 heteroatoms. The summed E-state index contributed by atoms with van der Waals surface area (Å²) in [6.07, 6.45) is 0.936. The van der Waals surface area contributed by atoms with Crippen molar-refractivity contribution in [1.29, 1.82) is 0 Å². The minimum absolute atomic E-state index is 0.125. The Morgan fingerprint density at radius 2 is 1.95 bits per heavy atom. The molecule has 110 valence electrons. The number of carbonyl (C=O) groups excluding carboxylic acids is 1. The van der Waals surface area contributed by atoms with Gasteiger partial charge in [-0.15, -0.1) is 0 Å². The second-order valence-electron chi connectivity index (χ2n) is 4.10. The van der Waals surface area contributed by atoms with Gasteiger partial charge >= 0.3 is 5.82 Å². The number of hydrogen-bond donors (Lipinski definition) is 2. The third-order valence-corrected chi connectivity index (χ3v) is 3.92. The van der Waals surface area contributed by atoms with Crippen molar-refractivity contribution >= 4 is 21.7 Å². The summed E-state index contributed by atoms with van der Waals surface area (Å²) in [7, 11) is -4.12. The lowest BCUT2D eigenvalue weighted by atomic mass is 10.2. The Hall–Kier alpha value is -2.75. The molecule has 0 spiro atoms. The molecule has 0 aliphatic rings. The van der Waals surface area contributed by atoms with Crippen LogP contribution in [0.3, 0.4) is 0 Å². The number of hydrogen-bond acceptors (Lipinski definition) is 6. The van der Waals surface area contributed by atoms with Crippen molar-refractivity contribution in [2.75, 3.05) is 0 Å². The maximum atomic E-state index is 12.0. The number of amides is 1. The summed E-state index contributed by atoms with van der Waals surface area (Å²) in [5.41, 5.74) is 0.249. The van der Waals surface area contributed by atoms with Crippen molar-refractivity contribution in [2.24, 2.45) is 0 Å². The highest BCUT2D eigenvalue weighted by molar-refractivity contribution is 7.90. The largest absolute Gasteiger partial charge is 0.358 e. The first-order valence-electron chi connectivity index (χ1n) is 5.63. The van der Waals surface area contributed by atoms with Crippen molar-refractivity contribution in [3.8, 4) is 0 Å². The normalized spacial score (nSPS) is 11.1. The topological polar surface area (TPSA) is 135 Å². The molecule has 1 aromatic heterocycles. The zero-order valence-electron chi connectivity index (χ0n) is 10.7. The second-order valence-corrected chi connectivity index (χ2v) is 5.79. The first-order chi connectivity index (χ1) is 9.81. The Bertz CT molecular complexity index is 794. The summed E-state index contributed by atoms with van der Waals surface area (Å²) in [4.78, 5) is 27.1. The second kappa shape index (κ2) is 5.32. The molecule has 0 aliphatic heterocycles. The molecular formula is C11H10N4O5S. The average Bonchev–Trinajstić information content (AvgIpc) is 2.88. The number of aromatic nitrogens is 2. The molecule has 0 unspecified atom stereocenters. The van der Waals surface area contributed by atoms with Crippen molar-refractivity contribution in [1.82, 2.24) is 14.7 Å². The first-order valence-corrected chi connectivity index (χ1v) is 7.11. The first kappa shape index (κ1) is 14.7. The van der Waals surface area contributed by atoms with Crippen LogP contribution < -0.4 is 4.72 Å². The van der Waals surface area contributed by atoms with Crippen LogP contribution in [-0.2, 0) is 10.0 Å². The summed E-state index contributed by atoms with van der Waals surface area (Å²) < 4.78 is 25.7. The number of aryl methyl sites for hydroxylation is 1. The van der Waals surface area contributed by atoms with E-state index in [0.29, 0.717) is 0 Å². The van der Waals surface area contributed by atoms with Crippen LogP contribution in [0, 0.1) is 17.0 Å². The number of rotatable bonds is 4. The van der Waals surface area contributed by atoms with Crippen LogP contribution >= 0.6 is 0 Å². The summed E-state index contributed by atoms with van der Waals surface area (Å²) in [5, 5.41) is 10.7. The van der Waals surface area contributed by atoms with Gasteiger partial charge < -0.3 is 10.1 Å². The standard InChI is InChI=1S/C11H10N4O5S/c1-7-2-4-8(5-3-7)21(19,20)14-11(16)9-10(15(17)18)13-6-12-9/h2-6H,1H3,(H,12,13)(H,14,16). The SMILES string of the molecule is Cc1ccc(S(=O)(=O)NC(=O)c2nc[nH]c2[N+](=O)[O-])cc1. The van der Waals surface area contributed by atoms with E-state index in [2.05, 4.69) is 9.97 Å². The molecule has 0 radical (unpaired) electrons. The summed E-state index contributed by atoms with van der Waals surface area (Å²) in [6.45, 7) is 1.78. The number of benzene rings is 1. The molecule has 21 heavy (non-hydrogen) atoms. The molecule has 9 nitrogen and oxygen atoms in total. The fraction of sp³-hybridized carbons (Fsp3) is 0.0909. The minimum atomic E-state index is -4.12. The number of carbonyl (C=O) groups is 1. The van der Waals surface area contributed by atoms with Gasteiger partial charge in [-0.25, -0.2) is 23.1 Å². The maximum absolute atomic E-state index is 12.0. The van der Waals surface area contributed by atoms with Gasteiger partial charge in [-0.1, -0.05) is 17.7 Å². The molecule has 2 N–H and O–H groups in total. The lowest BCUT2D eigenvalue weighted by Gasteiger charge is -2.05. The molecule has 1 amide bonds. The van der Waals surface area contributed by atoms with Gasteiger partial charge in [0.15, 0.2) is 6.33 Å². The Balaban J connectivity index is 2.28. The van der Waals surface area contributed by atoms with Crippen LogP contribution in [0.2, 0.25) is 0 Å². The van der Waals surface area contributed by atoms with Crippen LogP contribution in [-0.4, -0.2) is 29.2 Å². The minimum Gasteiger partial charge on any atom is -0.358 e. The van der Waals surface area contributed by atoms with E-state index in [1.807, 2.05) is 0 Å². The number of nitrogens with zero attached hydrogens (tertiary/aromatic N) is 2. The van der Waals surface area contributed by atoms with E-state index in [0.717, 1.165) is 11.9 Å². The van der Waals surface area contributed by atoms with Gasteiger partial charge in [-0.05, 0) is 24.0 Å². The molecule has 2 rings (SSSR count). The van der Waals surface area contributed by atoms with E-state index in [-0.39, 0.29) is 4.90 Å². The number of nitro groups is 1. The number of sulfonamides is 1. The number of nitrogens with one attached hydrogen (secondary N) is 2. The number of H-pyrrole nitrogens is 1. The highest BCUT2D eigenvalue weighted by atomic mass is 32.2. The van der Waals surface area contributed by atoms with E-state index in [1.165, 1.54) is 12.1 Å². The van der Waals surface area contributed by atoms with E-state index in [4.69, 9.17) is 0 Å². The maximum Gasteiger partial charge on any atom is 0.353 e. The van der Waals surface area contributed by atoms with Gasteiger partial charge in [-0.2, -0.15) is 0 Å². The van der Waals surface area contributed by atoms with E-state index >= 15 is 0 Å². The van der Waals surface area contributed by atoms with Crippen molar-refractivity contribution < 1.29 is 18.1 Å². The van der Waals surface area contributed by atoms with Gasteiger partial charge in [-0.3, -0.25) is 4.79 Å². The van der Waals surface area contributed by atoms with Crippen molar-refractivity contribution in [3.05, 3.63) is 52.0 Å². The quantitative estimate of drug-likeness (QED) is 0.631. The molecule has 0 aliphatic carbocycles. The predicted octanol–water partition coefficient (Wildman–Crippen LogP) is 0.745. The molecule has 1 heterocycles. The predicted molar refractivity (Wildman–Crippen MR) is 71.1 cm³/mol. The molecule has 1 aromatic carbocycles. The van der Waals surface area contributed by atoms with E-state index < -0.39 is 32.4 Å². The van der Waals surface area contributed by atoms with Gasteiger partial charge in [0.25, 0.3) is 15.9 Å². The van der Waals surface area contributed by atoms with Crippen LogP contribution in [0.4, 0.5) is 5.82 Å². The zero-order chi connectivity index (χ0) is 15.6. The van der Waals surface area contributed by atoms with Crippen LogP contribution in [0.1, 0.15) is 16.1 Å². The Labute approximate surface area is 119 Å². The van der Waals surface area contributed by atoms with Gasteiger partial charge in [0, 0.05) is 0 Å². The third-order valence-electron chi connectivity index (χ3n) is 2.58. The Kier molecular flexibility index (Phi) is 3.72. The molecule has 0 saturated carbocycles. The Morgan fingerprint density at radius 1 is 1.33 bits per heavy atom. The zero-order valence-corrected chi connectivity index (χ0v) is 11.5. The fourth-order valence-electron chi connectivity index (χ4n) is 1.54. The molecule has 0 atom stereocenters. The van der Waals surface area contributed by atoms with E-state index in [1.54, 1.807) is 23.8 Å². The highest BCUT2D eigenvalue weighted by Gasteiger charge is 2.26. The summed E-state index contributed by atoms with van der Waals surface area (Å²) in [6, 6.07) is 5.78. The molecule has 2 aromatic rings. The van der Waals surface area contributed by atoms with Crippen LogP contribution in [0.25, 0.3) is 0 Å². The van der Waals surface area contributed by atoms with Crippen molar-refractivity contribution in [3.63, 3.8) is 0 Å². The molecule has 0 bridgehead atoms. The molecule has 0 saturated heterocycles.